The van der Waals surface area contributed by atoms with E-state index in [0.717, 1.165) is 13.1 Å². The molecule has 1 aromatic rings. The first-order valence-corrected chi connectivity index (χ1v) is 8.69. The molecule has 4 N–H and O–H groups in total. The molecular weight excluding hydrogens is 294 g/mol. The summed E-state index contributed by atoms with van der Waals surface area (Å²) in [5.74, 6) is 6.51. The highest BCUT2D eigenvalue weighted by Crippen LogP contribution is 2.12. The van der Waals surface area contributed by atoms with Crippen LogP contribution in [-0.4, -0.2) is 54.5 Å². The lowest BCUT2D eigenvalue weighted by molar-refractivity contribution is 0.597. The average Bonchev–Trinajstić information content (AvgIpc) is 2.48. The molecule has 21 heavy (non-hydrogen) atoms. The third kappa shape index (κ3) is 5.31. The van der Waals surface area contributed by atoms with E-state index in [-0.39, 0.29) is 24.0 Å². The predicted octanol–water partition coefficient (Wildman–Crippen LogP) is -0.150. The van der Waals surface area contributed by atoms with Gasteiger partial charge in [0.05, 0.1) is 5.75 Å². The van der Waals surface area contributed by atoms with Gasteiger partial charge in [-0.05, 0) is 13.8 Å². The molecule has 1 heterocycles. The van der Waals surface area contributed by atoms with Crippen LogP contribution in [0, 0.1) is 0 Å². The number of hydrogen-bond acceptors (Lipinski definition) is 9. The molecule has 0 saturated carbocycles. The minimum absolute atomic E-state index is 0.0289. The summed E-state index contributed by atoms with van der Waals surface area (Å²) < 4.78 is 22.9. The fourth-order valence-corrected chi connectivity index (χ4v) is 2.32. The highest BCUT2D eigenvalue weighted by Gasteiger charge is 2.12. The van der Waals surface area contributed by atoms with Gasteiger partial charge in [-0.2, -0.15) is 15.0 Å². The Morgan fingerprint density at radius 3 is 2.24 bits per heavy atom. The van der Waals surface area contributed by atoms with Gasteiger partial charge in [0.1, 0.15) is 0 Å². The molecule has 0 aliphatic carbocycles. The Bertz CT molecular complexity index is 546. The minimum Gasteiger partial charge on any atom is -0.353 e. The Hall–Kier alpha value is -1.68. The van der Waals surface area contributed by atoms with E-state index in [1.54, 1.807) is 6.92 Å². The monoisotopic (exact) mass is 317 g/mol. The highest BCUT2D eigenvalue weighted by molar-refractivity contribution is 7.91. The summed E-state index contributed by atoms with van der Waals surface area (Å²) in [6.07, 6.45) is 0. The Morgan fingerprint density at radius 2 is 1.71 bits per heavy atom. The van der Waals surface area contributed by atoms with Crippen LogP contribution in [0.4, 0.5) is 17.8 Å². The first kappa shape index (κ1) is 17.4. The number of nitrogens with zero attached hydrogens (tertiary/aromatic N) is 4. The summed E-state index contributed by atoms with van der Waals surface area (Å²) in [6.45, 7) is 7.32. The molecule has 1 rings (SSSR count). The van der Waals surface area contributed by atoms with Crippen LogP contribution in [-0.2, 0) is 9.84 Å². The molecule has 0 spiro atoms. The third-order valence-corrected chi connectivity index (χ3v) is 4.64. The van der Waals surface area contributed by atoms with E-state index in [1.165, 1.54) is 0 Å². The Morgan fingerprint density at radius 1 is 1.10 bits per heavy atom. The van der Waals surface area contributed by atoms with E-state index in [4.69, 9.17) is 5.84 Å². The number of anilines is 3. The van der Waals surface area contributed by atoms with Gasteiger partial charge in [0.25, 0.3) is 0 Å². The molecule has 0 saturated heterocycles. The van der Waals surface area contributed by atoms with Gasteiger partial charge in [0.2, 0.25) is 17.8 Å². The Balaban J connectivity index is 2.84. The van der Waals surface area contributed by atoms with Crippen molar-refractivity contribution < 1.29 is 8.42 Å². The zero-order valence-electron chi connectivity index (χ0n) is 12.6. The predicted molar refractivity (Wildman–Crippen MR) is 84.0 cm³/mol. The molecule has 0 atom stereocenters. The number of hydrazine groups is 1. The van der Waals surface area contributed by atoms with Crippen molar-refractivity contribution in [1.29, 1.82) is 0 Å². The van der Waals surface area contributed by atoms with Crippen LogP contribution in [0.2, 0.25) is 0 Å². The molecule has 0 aliphatic heterocycles. The molecule has 10 heteroatoms. The summed E-state index contributed by atoms with van der Waals surface area (Å²) in [7, 11) is -3.03. The molecule has 0 radical (unpaired) electrons. The molecule has 0 bridgehead atoms. The standard InChI is InChI=1S/C11H23N7O2S/c1-4-18(5-2)11-15-9(14-10(16-11)17-12)13-7-8-21(19,20)6-3/h4-8,12H2,1-3H3,(H2,13,14,15,16,17). The summed E-state index contributed by atoms with van der Waals surface area (Å²) >= 11 is 0. The lowest BCUT2D eigenvalue weighted by Crippen LogP contribution is -2.26. The van der Waals surface area contributed by atoms with Gasteiger partial charge in [-0.15, -0.1) is 0 Å². The van der Waals surface area contributed by atoms with Crippen molar-refractivity contribution in [3.8, 4) is 0 Å². The topological polar surface area (TPSA) is 126 Å². The van der Waals surface area contributed by atoms with Gasteiger partial charge >= 0.3 is 0 Å². The number of nitrogens with one attached hydrogen (secondary N) is 2. The molecule has 0 unspecified atom stereocenters. The molecule has 120 valence electrons. The van der Waals surface area contributed by atoms with Crippen LogP contribution in [0.3, 0.4) is 0 Å². The number of rotatable bonds is 9. The van der Waals surface area contributed by atoms with E-state index >= 15 is 0 Å². The molecule has 0 aromatic carbocycles. The second kappa shape index (κ2) is 7.93. The van der Waals surface area contributed by atoms with E-state index in [2.05, 4.69) is 25.7 Å². The molecule has 0 aliphatic rings. The van der Waals surface area contributed by atoms with Crippen molar-refractivity contribution in [3.63, 3.8) is 0 Å². The van der Waals surface area contributed by atoms with Gasteiger partial charge in [-0.25, -0.2) is 14.3 Å². The van der Waals surface area contributed by atoms with Gasteiger partial charge in [0, 0.05) is 25.4 Å². The van der Waals surface area contributed by atoms with Crippen LogP contribution in [0.25, 0.3) is 0 Å². The van der Waals surface area contributed by atoms with Gasteiger partial charge in [-0.3, -0.25) is 5.43 Å². The first-order chi connectivity index (χ1) is 9.95. The van der Waals surface area contributed by atoms with Crippen LogP contribution >= 0.6 is 0 Å². The largest absolute Gasteiger partial charge is 0.353 e. The van der Waals surface area contributed by atoms with Crippen LogP contribution in [0.15, 0.2) is 0 Å². The first-order valence-electron chi connectivity index (χ1n) is 6.87. The number of nitrogen functional groups attached to an aromatic ring is 1. The van der Waals surface area contributed by atoms with Crippen molar-refractivity contribution in [2.24, 2.45) is 5.84 Å². The fourth-order valence-electron chi connectivity index (χ4n) is 1.62. The second-order valence-electron chi connectivity index (χ2n) is 4.26. The van der Waals surface area contributed by atoms with Crippen molar-refractivity contribution in [2.75, 3.05) is 46.8 Å². The summed E-state index contributed by atoms with van der Waals surface area (Å²) in [5, 5.41) is 2.89. The van der Waals surface area contributed by atoms with E-state index in [0.29, 0.717) is 11.9 Å². The SMILES string of the molecule is CCN(CC)c1nc(NN)nc(NCCS(=O)(=O)CC)n1. The maximum Gasteiger partial charge on any atom is 0.243 e. The van der Waals surface area contributed by atoms with Crippen molar-refractivity contribution in [2.45, 2.75) is 20.8 Å². The zero-order chi connectivity index (χ0) is 15.9. The lowest BCUT2D eigenvalue weighted by Gasteiger charge is -2.19. The maximum absolute atomic E-state index is 11.4. The second-order valence-corrected chi connectivity index (χ2v) is 6.74. The summed E-state index contributed by atoms with van der Waals surface area (Å²) in [6, 6.07) is 0. The van der Waals surface area contributed by atoms with Crippen LogP contribution in [0.1, 0.15) is 20.8 Å². The average molecular weight is 317 g/mol. The molecule has 0 amide bonds. The molecule has 9 nitrogen and oxygen atoms in total. The Labute approximate surface area is 125 Å². The zero-order valence-corrected chi connectivity index (χ0v) is 13.4. The summed E-state index contributed by atoms with van der Waals surface area (Å²) in [5.41, 5.74) is 2.38. The van der Waals surface area contributed by atoms with E-state index in [1.807, 2.05) is 18.7 Å². The fraction of sp³-hybridized carbons (Fsp3) is 0.727. The van der Waals surface area contributed by atoms with Crippen LogP contribution < -0.4 is 21.5 Å². The number of aromatic nitrogens is 3. The normalized spacial score (nSPS) is 11.2. The van der Waals surface area contributed by atoms with Crippen molar-refractivity contribution >= 4 is 27.7 Å². The van der Waals surface area contributed by atoms with Crippen molar-refractivity contribution in [1.82, 2.24) is 15.0 Å². The van der Waals surface area contributed by atoms with Gasteiger partial charge in [0.15, 0.2) is 9.84 Å². The van der Waals surface area contributed by atoms with Crippen LogP contribution in [0.5, 0.6) is 0 Å². The number of sulfone groups is 1. The quantitative estimate of drug-likeness (QED) is 0.421. The van der Waals surface area contributed by atoms with Gasteiger partial charge in [-0.1, -0.05) is 6.92 Å². The molecule has 1 aromatic heterocycles. The lowest BCUT2D eigenvalue weighted by atomic mass is 10.5. The minimum atomic E-state index is -3.03. The number of hydrogen-bond donors (Lipinski definition) is 3. The van der Waals surface area contributed by atoms with E-state index < -0.39 is 9.84 Å². The smallest absolute Gasteiger partial charge is 0.243 e. The third-order valence-electron chi connectivity index (χ3n) is 2.93. The highest BCUT2D eigenvalue weighted by atomic mass is 32.2. The van der Waals surface area contributed by atoms with E-state index in [9.17, 15) is 8.42 Å². The molecular formula is C11H23N7O2S. The summed E-state index contributed by atoms with van der Waals surface area (Å²) in [4.78, 5) is 14.4. The number of nitrogens with two attached hydrogens (primary N) is 1. The van der Waals surface area contributed by atoms with Gasteiger partial charge < -0.3 is 10.2 Å². The Kier molecular flexibility index (Phi) is 6.56. The van der Waals surface area contributed by atoms with Crippen molar-refractivity contribution in [3.05, 3.63) is 0 Å². The maximum atomic E-state index is 11.4. The molecule has 0 fully saturated rings.